The summed E-state index contributed by atoms with van der Waals surface area (Å²) in [5, 5.41) is 8.29. The third kappa shape index (κ3) is 2.97. The summed E-state index contributed by atoms with van der Waals surface area (Å²) < 4.78 is 0. The summed E-state index contributed by atoms with van der Waals surface area (Å²) in [5.41, 5.74) is 4.60. The number of fused-ring (bicyclic) bond motifs is 1. The van der Waals surface area contributed by atoms with Crippen LogP contribution in [0.4, 0.5) is 0 Å². The summed E-state index contributed by atoms with van der Waals surface area (Å²) in [7, 11) is 0. The van der Waals surface area contributed by atoms with Gasteiger partial charge in [0.15, 0.2) is 0 Å². The average Bonchev–Trinajstić information content (AvgIpc) is 3.02. The molecule has 20 heavy (non-hydrogen) atoms. The van der Waals surface area contributed by atoms with Crippen molar-refractivity contribution in [3.63, 3.8) is 0 Å². The van der Waals surface area contributed by atoms with Gasteiger partial charge in [-0.3, -0.25) is 0 Å². The van der Waals surface area contributed by atoms with Gasteiger partial charge >= 0.3 is 0 Å². The minimum atomic E-state index is 0.523. The van der Waals surface area contributed by atoms with Crippen LogP contribution in [0.15, 0.2) is 41.1 Å². The fourth-order valence-corrected chi connectivity index (χ4v) is 4.02. The van der Waals surface area contributed by atoms with Gasteiger partial charge in [-0.1, -0.05) is 31.2 Å². The summed E-state index contributed by atoms with van der Waals surface area (Å²) in [5.74, 6) is 0.728. The number of benzene rings is 1. The zero-order chi connectivity index (χ0) is 13.8. The van der Waals surface area contributed by atoms with Crippen LogP contribution in [0, 0.1) is 5.92 Å². The second-order valence-electron chi connectivity index (χ2n) is 5.76. The molecule has 1 N–H and O–H groups in total. The van der Waals surface area contributed by atoms with E-state index < -0.39 is 0 Å². The van der Waals surface area contributed by atoms with Gasteiger partial charge in [-0.15, -0.1) is 0 Å². The Morgan fingerprint density at radius 2 is 2.10 bits per heavy atom. The molecule has 1 aliphatic rings. The standard InChI is InChI=1S/C18H23NS/c1-2-10-19-18(17-9-11-20-13-17)16-8-7-14-5-3-4-6-15(14)12-16/h3-6,9,11,13,16,18-19H,2,7-8,10,12H2,1H3. The lowest BCUT2D eigenvalue weighted by molar-refractivity contribution is 0.327. The molecule has 0 saturated carbocycles. The minimum Gasteiger partial charge on any atom is -0.310 e. The SMILES string of the molecule is CCCNC(c1ccsc1)C1CCc2ccccc2C1. The maximum absolute atomic E-state index is 3.78. The molecule has 106 valence electrons. The van der Waals surface area contributed by atoms with E-state index in [1.807, 2.05) is 11.3 Å². The van der Waals surface area contributed by atoms with Crippen molar-refractivity contribution in [3.8, 4) is 0 Å². The Bertz CT molecular complexity index is 532. The molecule has 0 bridgehead atoms. The highest BCUT2D eigenvalue weighted by atomic mass is 32.1. The van der Waals surface area contributed by atoms with E-state index in [9.17, 15) is 0 Å². The van der Waals surface area contributed by atoms with E-state index >= 15 is 0 Å². The topological polar surface area (TPSA) is 12.0 Å². The molecule has 2 aromatic rings. The molecule has 0 radical (unpaired) electrons. The van der Waals surface area contributed by atoms with Gasteiger partial charge in [0.05, 0.1) is 0 Å². The van der Waals surface area contributed by atoms with Crippen LogP contribution >= 0.6 is 11.3 Å². The average molecular weight is 285 g/mol. The third-order valence-electron chi connectivity index (χ3n) is 4.37. The molecule has 0 saturated heterocycles. The monoisotopic (exact) mass is 285 g/mol. The molecule has 0 aliphatic heterocycles. The van der Waals surface area contributed by atoms with E-state index in [4.69, 9.17) is 0 Å². The van der Waals surface area contributed by atoms with Crippen LogP contribution in [0.5, 0.6) is 0 Å². The molecule has 0 amide bonds. The quantitative estimate of drug-likeness (QED) is 0.847. The summed E-state index contributed by atoms with van der Waals surface area (Å²) in [6, 6.07) is 11.8. The molecule has 1 nitrogen and oxygen atoms in total. The Balaban J connectivity index is 1.79. The lowest BCUT2D eigenvalue weighted by Crippen LogP contribution is -2.32. The second kappa shape index (κ2) is 6.55. The third-order valence-corrected chi connectivity index (χ3v) is 5.07. The van der Waals surface area contributed by atoms with Crippen LogP contribution in [0.3, 0.4) is 0 Å². The van der Waals surface area contributed by atoms with Crippen molar-refractivity contribution in [1.29, 1.82) is 0 Å². The van der Waals surface area contributed by atoms with Gasteiger partial charge in [-0.05, 0) is 71.7 Å². The molecule has 3 rings (SSSR count). The number of rotatable bonds is 5. The highest BCUT2D eigenvalue weighted by Gasteiger charge is 2.27. The molecule has 1 heterocycles. The summed E-state index contributed by atoms with van der Waals surface area (Å²) in [6.07, 6.45) is 4.95. The van der Waals surface area contributed by atoms with Gasteiger partial charge in [0.25, 0.3) is 0 Å². The number of hydrogen-bond donors (Lipinski definition) is 1. The first kappa shape index (κ1) is 13.8. The number of thiophene rings is 1. The van der Waals surface area contributed by atoms with E-state index in [0.29, 0.717) is 6.04 Å². The molecule has 0 fully saturated rings. The van der Waals surface area contributed by atoms with Gasteiger partial charge < -0.3 is 5.32 Å². The first-order valence-electron chi connectivity index (χ1n) is 7.70. The van der Waals surface area contributed by atoms with Crippen LogP contribution in [-0.4, -0.2) is 6.54 Å². The molecular formula is C18H23NS. The van der Waals surface area contributed by atoms with Gasteiger partial charge in [0, 0.05) is 6.04 Å². The van der Waals surface area contributed by atoms with Crippen LogP contribution in [-0.2, 0) is 12.8 Å². The number of aryl methyl sites for hydroxylation is 1. The van der Waals surface area contributed by atoms with Crippen molar-refractivity contribution in [3.05, 3.63) is 57.8 Å². The van der Waals surface area contributed by atoms with Gasteiger partial charge in [-0.2, -0.15) is 11.3 Å². The van der Waals surface area contributed by atoms with Crippen molar-refractivity contribution in [2.75, 3.05) is 6.54 Å². The molecule has 2 unspecified atom stereocenters. The Kier molecular flexibility index (Phi) is 4.54. The van der Waals surface area contributed by atoms with Crippen LogP contribution < -0.4 is 5.32 Å². The first-order chi connectivity index (χ1) is 9.88. The van der Waals surface area contributed by atoms with E-state index in [1.165, 1.54) is 31.2 Å². The highest BCUT2D eigenvalue weighted by Crippen LogP contribution is 2.34. The van der Waals surface area contributed by atoms with E-state index in [2.05, 4.69) is 53.3 Å². The van der Waals surface area contributed by atoms with Gasteiger partial charge in [0.2, 0.25) is 0 Å². The zero-order valence-electron chi connectivity index (χ0n) is 12.1. The predicted molar refractivity (Wildman–Crippen MR) is 87.3 cm³/mol. The van der Waals surface area contributed by atoms with Gasteiger partial charge in [0.1, 0.15) is 0 Å². The molecular weight excluding hydrogens is 262 g/mol. The fourth-order valence-electron chi connectivity index (χ4n) is 3.32. The lowest BCUT2D eigenvalue weighted by atomic mass is 9.78. The smallest absolute Gasteiger partial charge is 0.0360 e. The fraction of sp³-hybridized carbons (Fsp3) is 0.444. The Morgan fingerprint density at radius 3 is 2.85 bits per heavy atom. The largest absolute Gasteiger partial charge is 0.310 e. The number of hydrogen-bond acceptors (Lipinski definition) is 2. The lowest BCUT2D eigenvalue weighted by Gasteiger charge is -2.32. The zero-order valence-corrected chi connectivity index (χ0v) is 13.0. The van der Waals surface area contributed by atoms with Crippen molar-refractivity contribution < 1.29 is 0 Å². The van der Waals surface area contributed by atoms with Crippen LogP contribution in [0.25, 0.3) is 0 Å². The molecule has 1 aromatic heterocycles. The second-order valence-corrected chi connectivity index (χ2v) is 6.54. The van der Waals surface area contributed by atoms with E-state index in [0.717, 1.165) is 12.5 Å². The molecule has 2 heteroatoms. The Labute approximate surface area is 126 Å². The minimum absolute atomic E-state index is 0.523. The predicted octanol–water partition coefficient (Wildman–Crippen LogP) is 4.59. The van der Waals surface area contributed by atoms with Crippen molar-refractivity contribution in [2.45, 2.75) is 38.6 Å². The summed E-state index contributed by atoms with van der Waals surface area (Å²) in [6.45, 7) is 3.35. The van der Waals surface area contributed by atoms with Crippen LogP contribution in [0.2, 0.25) is 0 Å². The number of nitrogens with one attached hydrogen (secondary N) is 1. The molecule has 2 atom stereocenters. The maximum Gasteiger partial charge on any atom is 0.0360 e. The maximum atomic E-state index is 3.78. The van der Waals surface area contributed by atoms with Crippen molar-refractivity contribution in [1.82, 2.24) is 5.32 Å². The Morgan fingerprint density at radius 1 is 1.25 bits per heavy atom. The summed E-state index contributed by atoms with van der Waals surface area (Å²) >= 11 is 1.81. The summed E-state index contributed by atoms with van der Waals surface area (Å²) in [4.78, 5) is 0. The van der Waals surface area contributed by atoms with E-state index in [-0.39, 0.29) is 0 Å². The van der Waals surface area contributed by atoms with Crippen LogP contribution in [0.1, 0.15) is 42.5 Å². The first-order valence-corrected chi connectivity index (χ1v) is 8.65. The molecule has 0 spiro atoms. The van der Waals surface area contributed by atoms with Crippen molar-refractivity contribution in [2.24, 2.45) is 5.92 Å². The highest BCUT2D eigenvalue weighted by molar-refractivity contribution is 7.07. The van der Waals surface area contributed by atoms with Crippen molar-refractivity contribution >= 4 is 11.3 Å². The molecule has 1 aromatic carbocycles. The van der Waals surface area contributed by atoms with Gasteiger partial charge in [-0.25, -0.2) is 0 Å². The Hall–Kier alpha value is -1.12. The molecule has 1 aliphatic carbocycles. The van der Waals surface area contributed by atoms with E-state index in [1.54, 1.807) is 11.1 Å². The normalized spacial score (nSPS) is 19.6.